The van der Waals surface area contributed by atoms with Gasteiger partial charge in [-0.3, -0.25) is 9.59 Å². The molecule has 0 aromatic heterocycles. The van der Waals surface area contributed by atoms with E-state index in [1.54, 1.807) is 0 Å². The van der Waals surface area contributed by atoms with Crippen LogP contribution in [0.2, 0.25) is 0 Å². The molecule has 1 aliphatic heterocycles. The molecule has 1 atom stereocenters. The van der Waals surface area contributed by atoms with Crippen LogP contribution in [-0.2, 0) is 14.3 Å². The molecule has 0 spiro atoms. The van der Waals surface area contributed by atoms with Crippen molar-refractivity contribution in [1.29, 1.82) is 0 Å². The van der Waals surface area contributed by atoms with Gasteiger partial charge in [-0.15, -0.1) is 11.8 Å². The van der Waals surface area contributed by atoms with Crippen LogP contribution in [0.3, 0.4) is 0 Å². The lowest BCUT2D eigenvalue weighted by molar-refractivity contribution is -0.124. The van der Waals surface area contributed by atoms with Gasteiger partial charge >= 0.3 is 0 Å². The first-order chi connectivity index (χ1) is 11.2. The number of anilines is 1. The van der Waals surface area contributed by atoms with Crippen LogP contribution in [0.5, 0.6) is 0 Å². The fourth-order valence-corrected chi connectivity index (χ4v) is 3.51. The average molecular weight is 334 g/mol. The normalized spacial score (nSPS) is 19.8. The number of para-hydroxylation sites is 1. The molecule has 0 radical (unpaired) electrons. The second-order valence-corrected chi connectivity index (χ2v) is 7.26. The zero-order valence-electron chi connectivity index (χ0n) is 13.0. The van der Waals surface area contributed by atoms with Gasteiger partial charge in [0, 0.05) is 31.1 Å². The van der Waals surface area contributed by atoms with Crippen LogP contribution in [0.25, 0.3) is 0 Å². The van der Waals surface area contributed by atoms with Crippen LogP contribution >= 0.6 is 11.8 Å². The molecule has 3 rings (SSSR count). The third-order valence-electron chi connectivity index (χ3n) is 3.92. The van der Waals surface area contributed by atoms with Crippen molar-refractivity contribution in [3.05, 3.63) is 24.3 Å². The van der Waals surface area contributed by atoms with Crippen molar-refractivity contribution in [3.8, 4) is 0 Å². The summed E-state index contributed by atoms with van der Waals surface area (Å²) in [6.45, 7) is 2.13. The van der Waals surface area contributed by atoms with Crippen LogP contribution < -0.4 is 10.6 Å². The summed E-state index contributed by atoms with van der Waals surface area (Å²) in [5, 5.41) is 5.36. The van der Waals surface area contributed by atoms with Crippen molar-refractivity contribution in [2.24, 2.45) is 5.92 Å². The van der Waals surface area contributed by atoms with Crippen LogP contribution in [0, 0.1) is 5.92 Å². The fraction of sp³-hybridized carbons (Fsp3) is 0.529. The summed E-state index contributed by atoms with van der Waals surface area (Å²) in [6.07, 6.45) is 3.60. The van der Waals surface area contributed by atoms with Crippen LogP contribution in [0.4, 0.5) is 5.69 Å². The minimum atomic E-state index is -0.365. The van der Waals surface area contributed by atoms with Gasteiger partial charge in [0.2, 0.25) is 11.8 Å². The Hall–Kier alpha value is -1.53. The number of ether oxygens (including phenoxy) is 1. The Kier molecular flexibility index (Phi) is 5.56. The molecule has 0 saturated heterocycles. The quantitative estimate of drug-likeness (QED) is 0.717. The molecule has 1 unspecified atom stereocenters. The molecular weight excluding hydrogens is 312 g/mol. The molecule has 1 heterocycles. The third-order valence-corrected chi connectivity index (χ3v) is 5.19. The second kappa shape index (κ2) is 7.84. The summed E-state index contributed by atoms with van der Waals surface area (Å²) in [7, 11) is 0. The largest absolute Gasteiger partial charge is 0.381 e. The predicted molar refractivity (Wildman–Crippen MR) is 90.5 cm³/mol. The molecule has 0 bridgehead atoms. The molecule has 1 fully saturated rings. The number of carbonyl (C=O) groups is 2. The first-order valence-electron chi connectivity index (χ1n) is 8.13. The molecule has 5 nitrogen and oxygen atoms in total. The van der Waals surface area contributed by atoms with Gasteiger partial charge in [0.15, 0.2) is 0 Å². The van der Waals surface area contributed by atoms with Crippen molar-refractivity contribution < 1.29 is 14.3 Å². The van der Waals surface area contributed by atoms with E-state index < -0.39 is 0 Å². The molecule has 1 aromatic rings. The summed E-state index contributed by atoms with van der Waals surface area (Å²) < 4.78 is 5.53. The van der Waals surface area contributed by atoms with Crippen molar-refractivity contribution in [2.45, 2.75) is 35.8 Å². The Morgan fingerprint density at radius 2 is 2.17 bits per heavy atom. The molecule has 2 amide bonds. The third kappa shape index (κ3) is 4.97. The number of carbonyl (C=O) groups excluding carboxylic acids is 2. The van der Waals surface area contributed by atoms with E-state index in [1.165, 1.54) is 24.6 Å². The number of amides is 2. The first kappa shape index (κ1) is 16.3. The molecule has 23 heavy (non-hydrogen) atoms. The summed E-state index contributed by atoms with van der Waals surface area (Å²) >= 11 is 1.45. The second-order valence-electron chi connectivity index (χ2n) is 6.02. The van der Waals surface area contributed by atoms with Crippen molar-refractivity contribution in [3.63, 3.8) is 0 Å². The van der Waals surface area contributed by atoms with Crippen LogP contribution in [0.15, 0.2) is 29.2 Å². The van der Waals surface area contributed by atoms with Crippen molar-refractivity contribution >= 4 is 29.3 Å². The monoisotopic (exact) mass is 334 g/mol. The van der Waals surface area contributed by atoms with E-state index in [0.717, 1.165) is 29.5 Å². The summed E-state index contributed by atoms with van der Waals surface area (Å²) in [5.41, 5.74) is 0.826. The number of nitrogens with one attached hydrogen (secondary N) is 2. The topological polar surface area (TPSA) is 67.4 Å². The molecule has 2 aliphatic rings. The number of rotatable bonds is 8. The average Bonchev–Trinajstić information content (AvgIpc) is 3.36. The highest BCUT2D eigenvalue weighted by Crippen LogP contribution is 2.36. The summed E-state index contributed by atoms with van der Waals surface area (Å²) in [6, 6.07) is 7.65. The van der Waals surface area contributed by atoms with Gasteiger partial charge in [-0.1, -0.05) is 12.1 Å². The molecule has 124 valence electrons. The smallest absolute Gasteiger partial charge is 0.238 e. The van der Waals surface area contributed by atoms with Crippen molar-refractivity contribution in [1.82, 2.24) is 5.32 Å². The fourth-order valence-electron chi connectivity index (χ4n) is 2.40. The Labute approximate surface area is 140 Å². The predicted octanol–water partition coefficient (Wildman–Crippen LogP) is 2.42. The van der Waals surface area contributed by atoms with E-state index in [0.29, 0.717) is 13.2 Å². The van der Waals surface area contributed by atoms with Crippen molar-refractivity contribution in [2.75, 3.05) is 25.1 Å². The number of fused-ring (bicyclic) bond motifs is 1. The number of benzene rings is 1. The molecule has 1 saturated carbocycles. The lowest BCUT2D eigenvalue weighted by Gasteiger charge is -2.23. The van der Waals surface area contributed by atoms with E-state index in [9.17, 15) is 9.59 Å². The maximum atomic E-state index is 12.0. The standard InChI is InChI=1S/C17H22N2O3S/c20-16(18-8-3-9-22-11-12-6-7-12)10-15-17(21)19-13-4-1-2-5-14(13)23-15/h1-2,4-5,12,15H,3,6-11H2,(H,18,20)(H,19,21). The van der Waals surface area contributed by atoms with Crippen LogP contribution in [0.1, 0.15) is 25.7 Å². The molecule has 6 heteroatoms. The van der Waals surface area contributed by atoms with E-state index in [1.807, 2.05) is 24.3 Å². The zero-order chi connectivity index (χ0) is 16.1. The lowest BCUT2D eigenvalue weighted by atomic mass is 10.2. The SMILES string of the molecule is O=C(CC1Sc2ccccc2NC1=O)NCCCOCC1CC1. The summed E-state index contributed by atoms with van der Waals surface area (Å²) in [5.74, 6) is 0.588. The Morgan fingerprint density at radius 3 is 3.00 bits per heavy atom. The van der Waals surface area contributed by atoms with E-state index in [4.69, 9.17) is 4.74 Å². The van der Waals surface area contributed by atoms with Gasteiger partial charge in [-0.25, -0.2) is 0 Å². The maximum Gasteiger partial charge on any atom is 0.238 e. The summed E-state index contributed by atoms with van der Waals surface area (Å²) in [4.78, 5) is 25.0. The minimum Gasteiger partial charge on any atom is -0.381 e. The van der Waals surface area contributed by atoms with Gasteiger partial charge in [0.05, 0.1) is 10.9 Å². The molecular formula is C17H22N2O3S. The van der Waals surface area contributed by atoms with Crippen LogP contribution in [-0.4, -0.2) is 36.8 Å². The Morgan fingerprint density at radius 1 is 1.35 bits per heavy atom. The van der Waals surface area contributed by atoms with Gasteiger partial charge in [0.1, 0.15) is 0 Å². The van der Waals surface area contributed by atoms with E-state index in [2.05, 4.69) is 10.6 Å². The molecule has 1 aliphatic carbocycles. The van der Waals surface area contributed by atoms with E-state index >= 15 is 0 Å². The Bertz CT molecular complexity index is 575. The number of hydrogen-bond donors (Lipinski definition) is 2. The highest BCUT2D eigenvalue weighted by atomic mass is 32.2. The molecule has 2 N–H and O–H groups in total. The van der Waals surface area contributed by atoms with E-state index in [-0.39, 0.29) is 23.5 Å². The Balaban J connectivity index is 1.35. The number of hydrogen-bond acceptors (Lipinski definition) is 4. The maximum absolute atomic E-state index is 12.0. The number of thioether (sulfide) groups is 1. The minimum absolute atomic E-state index is 0.0841. The van der Waals surface area contributed by atoms with Gasteiger partial charge in [0.25, 0.3) is 0 Å². The molecule has 1 aromatic carbocycles. The van der Waals surface area contributed by atoms with Gasteiger partial charge in [-0.05, 0) is 37.3 Å². The highest BCUT2D eigenvalue weighted by Gasteiger charge is 2.28. The van der Waals surface area contributed by atoms with Gasteiger partial charge in [-0.2, -0.15) is 0 Å². The zero-order valence-corrected chi connectivity index (χ0v) is 13.9. The lowest BCUT2D eigenvalue weighted by Crippen LogP contribution is -2.35. The highest BCUT2D eigenvalue weighted by molar-refractivity contribution is 8.01. The first-order valence-corrected chi connectivity index (χ1v) is 9.01. The van der Waals surface area contributed by atoms with Gasteiger partial charge < -0.3 is 15.4 Å².